The number of nitrogens with zero attached hydrogens (tertiary/aromatic N) is 2. The highest BCUT2D eigenvalue weighted by Gasteiger charge is 2.48. The molecule has 1 atom stereocenters. The molecule has 3 heterocycles. The molecule has 0 radical (unpaired) electrons. The van der Waals surface area contributed by atoms with Gasteiger partial charge in [0.1, 0.15) is 17.0 Å². The van der Waals surface area contributed by atoms with E-state index in [1.54, 1.807) is 11.2 Å². The summed E-state index contributed by atoms with van der Waals surface area (Å²) in [6.07, 6.45) is 9.52. The number of fused-ring (bicyclic) bond motifs is 1. The van der Waals surface area contributed by atoms with Crippen LogP contribution >= 0.6 is 11.6 Å². The van der Waals surface area contributed by atoms with Crippen LogP contribution in [0.15, 0.2) is 59.2 Å². The molecular formula is C28H32ClN3O3. The van der Waals surface area contributed by atoms with Crippen LogP contribution in [0.4, 0.5) is 0 Å². The molecule has 184 valence electrons. The molecule has 1 fully saturated rings. The second-order valence-electron chi connectivity index (χ2n) is 9.98. The van der Waals surface area contributed by atoms with Crippen LogP contribution in [0.3, 0.4) is 0 Å². The lowest BCUT2D eigenvalue weighted by Crippen LogP contribution is -2.64. The smallest absolute Gasteiger partial charge is 0.271 e. The molecule has 1 aliphatic heterocycles. The van der Waals surface area contributed by atoms with Crippen LogP contribution in [0.25, 0.3) is 11.5 Å². The highest BCUT2D eigenvalue weighted by Crippen LogP contribution is 2.35. The van der Waals surface area contributed by atoms with Crippen LogP contribution in [-0.2, 0) is 17.9 Å². The number of carbonyl (C=O) groups is 2. The average molecular weight is 494 g/mol. The Labute approximate surface area is 211 Å². The van der Waals surface area contributed by atoms with Crippen LogP contribution < -0.4 is 5.32 Å². The summed E-state index contributed by atoms with van der Waals surface area (Å²) in [7, 11) is 0. The van der Waals surface area contributed by atoms with Gasteiger partial charge in [0.15, 0.2) is 0 Å². The minimum Gasteiger partial charge on any atom is -0.463 e. The van der Waals surface area contributed by atoms with Crippen molar-refractivity contribution in [3.8, 4) is 11.5 Å². The third kappa shape index (κ3) is 4.76. The molecule has 2 aliphatic rings. The fourth-order valence-electron chi connectivity index (χ4n) is 5.42. The molecule has 5 rings (SSSR count). The Morgan fingerprint density at radius 2 is 1.80 bits per heavy atom. The van der Waals surface area contributed by atoms with E-state index in [0.717, 1.165) is 36.9 Å². The van der Waals surface area contributed by atoms with Crippen molar-refractivity contribution >= 4 is 23.4 Å². The predicted molar refractivity (Wildman–Crippen MR) is 136 cm³/mol. The Kier molecular flexibility index (Phi) is 6.74. The van der Waals surface area contributed by atoms with Crippen molar-refractivity contribution in [2.45, 2.75) is 76.5 Å². The van der Waals surface area contributed by atoms with Gasteiger partial charge in [-0.3, -0.25) is 9.59 Å². The number of hydrogen-bond donors (Lipinski definition) is 1. The van der Waals surface area contributed by atoms with Gasteiger partial charge in [-0.05, 0) is 61.7 Å². The van der Waals surface area contributed by atoms with Crippen molar-refractivity contribution in [1.29, 1.82) is 0 Å². The minimum atomic E-state index is -1.07. The van der Waals surface area contributed by atoms with Gasteiger partial charge in [-0.2, -0.15) is 0 Å². The van der Waals surface area contributed by atoms with E-state index >= 15 is 0 Å². The van der Waals surface area contributed by atoms with E-state index < -0.39 is 5.54 Å². The second kappa shape index (κ2) is 9.94. The molecule has 0 bridgehead atoms. The third-order valence-electron chi connectivity index (χ3n) is 7.44. The van der Waals surface area contributed by atoms with Crippen LogP contribution in [0.2, 0.25) is 5.02 Å². The first-order chi connectivity index (χ1) is 17.0. The van der Waals surface area contributed by atoms with Crippen molar-refractivity contribution < 1.29 is 14.0 Å². The van der Waals surface area contributed by atoms with Crippen molar-refractivity contribution in [3.05, 3.63) is 71.1 Å². The number of amides is 2. The average Bonchev–Trinajstić information content (AvgIpc) is 3.48. The van der Waals surface area contributed by atoms with Crippen molar-refractivity contribution in [2.75, 3.05) is 0 Å². The quantitative estimate of drug-likeness (QED) is 0.470. The summed E-state index contributed by atoms with van der Waals surface area (Å²) in [4.78, 5) is 29.5. The lowest BCUT2D eigenvalue weighted by Gasteiger charge is -2.45. The molecular weight excluding hydrogens is 462 g/mol. The summed E-state index contributed by atoms with van der Waals surface area (Å²) in [5.41, 5.74) is 1.16. The van der Waals surface area contributed by atoms with E-state index in [1.807, 2.05) is 60.0 Å². The molecule has 1 aromatic carbocycles. The monoisotopic (exact) mass is 493 g/mol. The van der Waals surface area contributed by atoms with Gasteiger partial charge in [-0.1, -0.05) is 55.8 Å². The number of furan rings is 1. The first-order valence-electron chi connectivity index (χ1n) is 12.6. The van der Waals surface area contributed by atoms with E-state index in [4.69, 9.17) is 16.0 Å². The van der Waals surface area contributed by atoms with Gasteiger partial charge < -0.3 is 19.2 Å². The van der Waals surface area contributed by atoms with Gasteiger partial charge >= 0.3 is 0 Å². The number of rotatable bonds is 5. The lowest BCUT2D eigenvalue weighted by atomic mass is 9.91. The Balaban J connectivity index is 1.50. The first kappa shape index (κ1) is 23.7. The number of carbonyl (C=O) groups excluding carboxylic acids is 2. The van der Waals surface area contributed by atoms with Gasteiger partial charge in [0.25, 0.3) is 5.91 Å². The topological polar surface area (TPSA) is 67.5 Å². The summed E-state index contributed by atoms with van der Waals surface area (Å²) in [5, 5.41) is 3.93. The fourth-order valence-corrected chi connectivity index (χ4v) is 5.63. The largest absolute Gasteiger partial charge is 0.463 e. The van der Waals surface area contributed by atoms with Gasteiger partial charge in [0.05, 0.1) is 18.5 Å². The van der Waals surface area contributed by atoms with E-state index in [9.17, 15) is 9.59 Å². The van der Waals surface area contributed by atoms with Crippen LogP contribution in [-0.4, -0.2) is 32.9 Å². The van der Waals surface area contributed by atoms with Crippen molar-refractivity contribution in [2.24, 2.45) is 0 Å². The molecule has 6 nitrogen and oxygen atoms in total. The normalized spacial score (nSPS) is 21.3. The van der Waals surface area contributed by atoms with Crippen LogP contribution in [0, 0.1) is 0 Å². The molecule has 3 aromatic rings. The summed E-state index contributed by atoms with van der Waals surface area (Å²) >= 11 is 6.23. The number of benzene rings is 1. The van der Waals surface area contributed by atoms with Crippen molar-refractivity contribution in [3.63, 3.8) is 0 Å². The standard InChI is InChI=1S/C28H32ClN3O3/c1-28(27(34)30-22-11-5-3-2-4-6-12-22)19-31-23(25-13-8-16-35-25)14-15-24(31)26(33)32(28)18-20-9-7-10-21(29)17-20/h7-10,13-17,22H,2-6,11-12,18-19H2,1H3,(H,30,34)/t28-/m0/s1. The van der Waals surface area contributed by atoms with Gasteiger partial charge in [0.2, 0.25) is 5.91 Å². The summed E-state index contributed by atoms with van der Waals surface area (Å²) in [5.74, 6) is 0.391. The van der Waals surface area contributed by atoms with Gasteiger partial charge in [-0.15, -0.1) is 0 Å². The third-order valence-corrected chi connectivity index (χ3v) is 7.67. The van der Waals surface area contributed by atoms with Crippen LogP contribution in [0.5, 0.6) is 0 Å². The molecule has 0 spiro atoms. The number of aromatic nitrogens is 1. The number of nitrogens with one attached hydrogen (secondary N) is 1. The van der Waals surface area contributed by atoms with E-state index in [-0.39, 0.29) is 17.9 Å². The van der Waals surface area contributed by atoms with Gasteiger partial charge in [-0.25, -0.2) is 0 Å². The maximum atomic E-state index is 14.0. The Bertz CT molecular complexity index is 1190. The minimum absolute atomic E-state index is 0.108. The first-order valence-corrected chi connectivity index (χ1v) is 12.9. The molecule has 2 aromatic heterocycles. The number of halogens is 1. The zero-order valence-electron chi connectivity index (χ0n) is 20.1. The van der Waals surface area contributed by atoms with Crippen LogP contribution in [0.1, 0.15) is 67.9 Å². The predicted octanol–water partition coefficient (Wildman–Crippen LogP) is 6.05. The molecule has 1 aliphatic carbocycles. The highest BCUT2D eigenvalue weighted by molar-refractivity contribution is 6.30. The molecule has 1 N–H and O–H groups in total. The zero-order chi connectivity index (χ0) is 24.4. The molecule has 0 unspecified atom stereocenters. The highest BCUT2D eigenvalue weighted by atomic mass is 35.5. The Morgan fingerprint density at radius 3 is 2.51 bits per heavy atom. The fraction of sp³-hybridized carbons (Fsp3) is 0.429. The SMILES string of the molecule is C[C@@]1(C(=O)NC2CCCCCCC2)Cn2c(ccc2-c2ccco2)C(=O)N1Cc1cccc(Cl)c1. The summed E-state index contributed by atoms with van der Waals surface area (Å²) in [6.45, 7) is 2.52. The van der Waals surface area contributed by atoms with Gasteiger partial charge in [0, 0.05) is 17.6 Å². The van der Waals surface area contributed by atoms with E-state index in [1.165, 1.54) is 19.3 Å². The molecule has 1 saturated carbocycles. The maximum absolute atomic E-state index is 14.0. The molecule has 7 heteroatoms. The Hall–Kier alpha value is -2.99. The molecule has 35 heavy (non-hydrogen) atoms. The number of hydrogen-bond acceptors (Lipinski definition) is 3. The Morgan fingerprint density at radius 1 is 1.06 bits per heavy atom. The second-order valence-corrected chi connectivity index (χ2v) is 10.4. The summed E-state index contributed by atoms with van der Waals surface area (Å²) in [6, 6.07) is 15.0. The zero-order valence-corrected chi connectivity index (χ0v) is 20.9. The summed E-state index contributed by atoms with van der Waals surface area (Å²) < 4.78 is 7.55. The van der Waals surface area contributed by atoms with E-state index in [0.29, 0.717) is 29.6 Å². The van der Waals surface area contributed by atoms with E-state index in [2.05, 4.69) is 5.32 Å². The van der Waals surface area contributed by atoms with Crippen molar-refractivity contribution in [1.82, 2.24) is 14.8 Å². The molecule has 0 saturated heterocycles. The maximum Gasteiger partial charge on any atom is 0.271 e. The molecule has 2 amide bonds. The lowest BCUT2D eigenvalue weighted by molar-refractivity contribution is -0.134.